The highest BCUT2D eigenvalue weighted by atomic mass is 127. The molecule has 142 valence electrons. The van der Waals surface area contributed by atoms with Crippen LogP contribution in [-0.4, -0.2) is 36.3 Å². The van der Waals surface area contributed by atoms with E-state index in [1.54, 1.807) is 7.05 Å². The molecule has 0 spiro atoms. The lowest BCUT2D eigenvalue weighted by molar-refractivity contribution is 0.296. The molecule has 8 heteroatoms. The third-order valence-electron chi connectivity index (χ3n) is 4.01. The smallest absolute Gasteiger partial charge is 0.228 e. The van der Waals surface area contributed by atoms with Crippen LogP contribution in [0.2, 0.25) is 0 Å². The number of nitrogens with zero attached hydrogens (tertiary/aromatic N) is 3. The Balaban J connectivity index is 0.00000243. The van der Waals surface area contributed by atoms with E-state index in [2.05, 4.69) is 31.8 Å². The van der Waals surface area contributed by atoms with Gasteiger partial charge >= 0.3 is 0 Å². The summed E-state index contributed by atoms with van der Waals surface area (Å²) in [5.74, 6) is 3.69. The maximum absolute atomic E-state index is 5.94. The summed E-state index contributed by atoms with van der Waals surface area (Å²) in [7, 11) is 1.75. The fourth-order valence-electron chi connectivity index (χ4n) is 2.41. The van der Waals surface area contributed by atoms with Crippen molar-refractivity contribution in [3.63, 3.8) is 0 Å². The number of aromatic nitrogens is 2. The summed E-state index contributed by atoms with van der Waals surface area (Å²) in [5.41, 5.74) is 1.12. The van der Waals surface area contributed by atoms with Crippen molar-refractivity contribution in [3.05, 3.63) is 41.5 Å². The van der Waals surface area contributed by atoms with Crippen molar-refractivity contribution in [1.29, 1.82) is 0 Å². The van der Waals surface area contributed by atoms with Gasteiger partial charge < -0.3 is 19.9 Å². The third-order valence-corrected chi connectivity index (χ3v) is 4.01. The fourth-order valence-corrected chi connectivity index (χ4v) is 2.41. The second kappa shape index (κ2) is 10.3. The number of rotatable bonds is 8. The number of aryl methyl sites for hydroxylation is 1. The summed E-state index contributed by atoms with van der Waals surface area (Å²) in [6, 6.07) is 8.12. The average molecular weight is 471 g/mol. The van der Waals surface area contributed by atoms with Crippen molar-refractivity contribution in [3.8, 4) is 5.75 Å². The Hall–Kier alpha value is -1.84. The van der Waals surface area contributed by atoms with Gasteiger partial charge in [-0.25, -0.2) is 0 Å². The summed E-state index contributed by atoms with van der Waals surface area (Å²) < 4.78 is 11.0. The molecule has 26 heavy (non-hydrogen) atoms. The molecule has 0 atom stereocenters. The first-order valence-electron chi connectivity index (χ1n) is 8.69. The highest BCUT2D eigenvalue weighted by Gasteiger charge is 2.22. The molecule has 0 aliphatic heterocycles. The number of nitrogens with one attached hydrogen (secondary N) is 2. The van der Waals surface area contributed by atoms with Crippen LogP contribution in [0, 0.1) is 12.8 Å². The van der Waals surface area contributed by atoms with Crippen LogP contribution >= 0.6 is 24.0 Å². The number of benzene rings is 1. The van der Waals surface area contributed by atoms with E-state index in [-0.39, 0.29) is 24.0 Å². The largest absolute Gasteiger partial charge is 0.493 e. The summed E-state index contributed by atoms with van der Waals surface area (Å²) >= 11 is 0. The highest BCUT2D eigenvalue weighted by Crippen LogP contribution is 2.30. The molecule has 0 amide bonds. The Morgan fingerprint density at radius 3 is 2.81 bits per heavy atom. The predicted molar refractivity (Wildman–Crippen MR) is 111 cm³/mol. The second-order valence-corrected chi connectivity index (χ2v) is 6.20. The highest BCUT2D eigenvalue weighted by molar-refractivity contribution is 14.0. The van der Waals surface area contributed by atoms with Gasteiger partial charge in [0.15, 0.2) is 11.8 Å². The maximum Gasteiger partial charge on any atom is 0.228 e. The first-order valence-corrected chi connectivity index (χ1v) is 8.69. The van der Waals surface area contributed by atoms with Gasteiger partial charge in [-0.3, -0.25) is 4.99 Å². The lowest BCUT2D eigenvalue weighted by atomic mass is 10.2. The zero-order valence-corrected chi connectivity index (χ0v) is 17.5. The van der Waals surface area contributed by atoms with Crippen LogP contribution in [0.5, 0.6) is 5.75 Å². The van der Waals surface area contributed by atoms with E-state index in [1.165, 1.54) is 12.8 Å². The number of hydrogen-bond donors (Lipinski definition) is 2. The van der Waals surface area contributed by atoms with E-state index in [4.69, 9.17) is 9.26 Å². The Morgan fingerprint density at radius 2 is 2.12 bits per heavy atom. The monoisotopic (exact) mass is 471 g/mol. The SMILES string of the molecule is CN=C(NCCc1nc(C)no1)NCc1ccccc1OCC1CC1.I. The van der Waals surface area contributed by atoms with Crippen molar-refractivity contribution in [2.24, 2.45) is 10.9 Å². The van der Waals surface area contributed by atoms with E-state index in [9.17, 15) is 0 Å². The van der Waals surface area contributed by atoms with Gasteiger partial charge in [-0.15, -0.1) is 24.0 Å². The minimum absolute atomic E-state index is 0. The molecule has 0 bridgehead atoms. The van der Waals surface area contributed by atoms with E-state index in [1.807, 2.05) is 25.1 Å². The molecule has 7 nitrogen and oxygen atoms in total. The van der Waals surface area contributed by atoms with Crippen molar-refractivity contribution >= 4 is 29.9 Å². The van der Waals surface area contributed by atoms with Gasteiger partial charge in [-0.1, -0.05) is 23.4 Å². The summed E-state index contributed by atoms with van der Waals surface area (Å²) in [4.78, 5) is 8.42. The van der Waals surface area contributed by atoms with Crippen LogP contribution in [0.1, 0.15) is 30.1 Å². The quantitative estimate of drug-likeness (QED) is 0.350. The van der Waals surface area contributed by atoms with Crippen molar-refractivity contribution in [2.45, 2.75) is 32.7 Å². The van der Waals surface area contributed by atoms with Crippen LogP contribution in [0.25, 0.3) is 0 Å². The second-order valence-electron chi connectivity index (χ2n) is 6.20. The molecule has 2 aromatic rings. The van der Waals surface area contributed by atoms with Crippen LogP contribution in [-0.2, 0) is 13.0 Å². The van der Waals surface area contributed by atoms with Gasteiger partial charge in [0.1, 0.15) is 5.75 Å². The van der Waals surface area contributed by atoms with E-state index in [0.29, 0.717) is 31.2 Å². The van der Waals surface area contributed by atoms with Crippen LogP contribution in [0.3, 0.4) is 0 Å². The summed E-state index contributed by atoms with van der Waals surface area (Å²) in [6.07, 6.45) is 3.23. The van der Waals surface area contributed by atoms with Crippen LogP contribution in [0.4, 0.5) is 0 Å². The van der Waals surface area contributed by atoms with E-state index < -0.39 is 0 Å². The van der Waals surface area contributed by atoms with Gasteiger partial charge in [-0.2, -0.15) is 4.98 Å². The lowest BCUT2D eigenvalue weighted by Crippen LogP contribution is -2.38. The van der Waals surface area contributed by atoms with Crippen molar-refractivity contribution < 1.29 is 9.26 Å². The molecule has 1 saturated carbocycles. The van der Waals surface area contributed by atoms with Gasteiger partial charge in [0.25, 0.3) is 0 Å². The van der Waals surface area contributed by atoms with E-state index >= 15 is 0 Å². The molecule has 1 fully saturated rings. The molecular formula is C18H26IN5O2. The molecule has 0 radical (unpaired) electrons. The zero-order valence-electron chi connectivity index (χ0n) is 15.2. The number of guanidine groups is 1. The van der Waals surface area contributed by atoms with E-state index in [0.717, 1.165) is 29.8 Å². The standard InChI is InChI=1S/C18H25N5O2.HI/c1-13-22-17(25-23-13)9-10-20-18(19-2)21-11-15-5-3-4-6-16(15)24-12-14-7-8-14;/h3-6,14H,7-12H2,1-2H3,(H2,19,20,21);1H. The molecular weight excluding hydrogens is 445 g/mol. The van der Waals surface area contributed by atoms with Crippen molar-refractivity contribution in [1.82, 2.24) is 20.8 Å². The average Bonchev–Trinajstić information content (AvgIpc) is 3.37. The molecule has 1 aliphatic carbocycles. The molecule has 0 unspecified atom stereocenters. The van der Waals surface area contributed by atoms with Crippen molar-refractivity contribution in [2.75, 3.05) is 20.2 Å². The minimum atomic E-state index is 0. The minimum Gasteiger partial charge on any atom is -0.493 e. The van der Waals surface area contributed by atoms with Crippen LogP contribution in [0.15, 0.2) is 33.8 Å². The molecule has 2 N–H and O–H groups in total. The number of halogens is 1. The molecule has 1 aromatic heterocycles. The van der Waals surface area contributed by atoms with Gasteiger partial charge in [0.2, 0.25) is 5.89 Å². The number of hydrogen-bond acceptors (Lipinski definition) is 5. The molecule has 0 saturated heterocycles. The Bertz CT molecular complexity index is 715. The van der Waals surface area contributed by atoms with Gasteiger partial charge in [0.05, 0.1) is 6.61 Å². The summed E-state index contributed by atoms with van der Waals surface area (Å²) in [5, 5.41) is 10.3. The topological polar surface area (TPSA) is 84.6 Å². The Labute approximate surface area is 171 Å². The third kappa shape index (κ3) is 6.47. The Kier molecular flexibility index (Phi) is 8.14. The fraction of sp³-hybridized carbons (Fsp3) is 0.500. The van der Waals surface area contributed by atoms with Gasteiger partial charge in [0, 0.05) is 32.1 Å². The van der Waals surface area contributed by atoms with Crippen LogP contribution < -0.4 is 15.4 Å². The molecule has 3 rings (SSSR count). The number of aliphatic imine (C=N–C) groups is 1. The molecule has 1 heterocycles. The molecule has 1 aliphatic rings. The van der Waals surface area contributed by atoms with Gasteiger partial charge in [-0.05, 0) is 31.7 Å². The number of para-hydroxylation sites is 1. The number of ether oxygens (including phenoxy) is 1. The Morgan fingerprint density at radius 1 is 1.31 bits per heavy atom. The predicted octanol–water partition coefficient (Wildman–Crippen LogP) is 2.69. The first kappa shape index (κ1) is 20.5. The lowest BCUT2D eigenvalue weighted by Gasteiger charge is -2.14. The first-order chi connectivity index (χ1) is 12.2. The maximum atomic E-state index is 5.94. The normalized spacial score (nSPS) is 13.8. The zero-order chi connectivity index (χ0) is 17.5. The summed E-state index contributed by atoms with van der Waals surface area (Å²) in [6.45, 7) is 3.94. The molecule has 1 aromatic carbocycles.